The molecule has 0 radical (unpaired) electrons. The van der Waals surface area contributed by atoms with Crippen molar-refractivity contribution < 1.29 is 9.84 Å². The van der Waals surface area contributed by atoms with Gasteiger partial charge in [-0.25, -0.2) is 0 Å². The third-order valence-corrected chi connectivity index (χ3v) is 4.03. The van der Waals surface area contributed by atoms with Crippen LogP contribution in [0.5, 0.6) is 11.5 Å². The molecule has 0 amide bonds. The lowest BCUT2D eigenvalue weighted by molar-refractivity contribution is 0.199. The number of rotatable bonds is 3. The van der Waals surface area contributed by atoms with Crippen LogP contribution in [0.1, 0.15) is 18.6 Å². The van der Waals surface area contributed by atoms with E-state index in [1.165, 1.54) is 0 Å². The van der Waals surface area contributed by atoms with Gasteiger partial charge >= 0.3 is 0 Å². The van der Waals surface area contributed by atoms with Crippen molar-refractivity contribution in [1.82, 2.24) is 0 Å². The molecule has 0 saturated carbocycles. The van der Waals surface area contributed by atoms with Crippen LogP contribution in [-0.2, 0) is 0 Å². The summed E-state index contributed by atoms with van der Waals surface area (Å²) in [6, 6.07) is 19.7. The van der Waals surface area contributed by atoms with E-state index in [0.717, 1.165) is 32.3 Å². The van der Waals surface area contributed by atoms with Gasteiger partial charge in [0, 0.05) is 5.39 Å². The second kappa shape index (κ2) is 5.88. The number of ether oxygens (including phenoxy) is 1. The Morgan fingerprint density at radius 3 is 2.48 bits per heavy atom. The Balaban J connectivity index is 1.99. The maximum Gasteiger partial charge on any atom is 0.141 e. The van der Waals surface area contributed by atoms with Gasteiger partial charge < -0.3 is 9.84 Å². The number of hydrogen-bond acceptors (Lipinski definition) is 2. The van der Waals surface area contributed by atoms with Gasteiger partial charge in [-0.3, -0.25) is 0 Å². The quantitative estimate of drug-likeness (QED) is 0.685. The minimum atomic E-state index is -0.493. The van der Waals surface area contributed by atoms with Gasteiger partial charge in [-0.05, 0) is 52.0 Å². The maximum absolute atomic E-state index is 9.61. The van der Waals surface area contributed by atoms with E-state index in [4.69, 9.17) is 4.74 Å². The highest BCUT2D eigenvalue weighted by molar-refractivity contribution is 9.10. The molecule has 106 valence electrons. The molecule has 1 N–H and O–H groups in total. The van der Waals surface area contributed by atoms with Gasteiger partial charge in [0.25, 0.3) is 0 Å². The Morgan fingerprint density at radius 1 is 0.952 bits per heavy atom. The predicted molar refractivity (Wildman–Crippen MR) is 88.8 cm³/mol. The lowest BCUT2D eigenvalue weighted by Crippen LogP contribution is -1.92. The van der Waals surface area contributed by atoms with Crippen LogP contribution in [0.3, 0.4) is 0 Å². The second-order valence-corrected chi connectivity index (χ2v) is 5.80. The summed E-state index contributed by atoms with van der Waals surface area (Å²) in [5.74, 6) is 1.55. The lowest BCUT2D eigenvalue weighted by atomic mass is 10.1. The Labute approximate surface area is 132 Å². The number of fused-ring (bicyclic) bond motifs is 1. The molecule has 3 aromatic carbocycles. The average molecular weight is 343 g/mol. The van der Waals surface area contributed by atoms with Crippen LogP contribution >= 0.6 is 15.9 Å². The Bertz CT molecular complexity index is 776. The standard InChI is InChI=1S/C18H15BrO2/c1-12(20)14-9-10-18(16(19)11-14)21-17-8-4-6-13-5-2-3-7-15(13)17/h2-12,20H,1H3. The first-order valence-electron chi connectivity index (χ1n) is 6.78. The van der Waals surface area contributed by atoms with Gasteiger partial charge in [-0.1, -0.05) is 42.5 Å². The number of halogens is 1. The molecular formula is C18H15BrO2. The monoisotopic (exact) mass is 342 g/mol. The summed E-state index contributed by atoms with van der Waals surface area (Å²) in [6.07, 6.45) is -0.493. The molecule has 3 aromatic rings. The molecule has 0 aliphatic rings. The Hall–Kier alpha value is -1.84. The minimum Gasteiger partial charge on any atom is -0.456 e. The molecule has 0 saturated heterocycles. The molecule has 1 atom stereocenters. The number of benzene rings is 3. The van der Waals surface area contributed by atoms with E-state index in [2.05, 4.69) is 28.1 Å². The second-order valence-electron chi connectivity index (χ2n) is 4.95. The first kappa shape index (κ1) is 14.1. The molecule has 1 unspecified atom stereocenters. The first-order valence-corrected chi connectivity index (χ1v) is 7.57. The highest BCUT2D eigenvalue weighted by atomic mass is 79.9. The normalized spacial score (nSPS) is 12.3. The first-order chi connectivity index (χ1) is 10.1. The largest absolute Gasteiger partial charge is 0.456 e. The smallest absolute Gasteiger partial charge is 0.141 e. The fraction of sp³-hybridized carbons (Fsp3) is 0.111. The molecule has 0 aliphatic carbocycles. The van der Waals surface area contributed by atoms with E-state index in [-0.39, 0.29) is 0 Å². The number of aliphatic hydroxyl groups excluding tert-OH is 1. The van der Waals surface area contributed by atoms with Crippen LogP contribution < -0.4 is 4.74 Å². The zero-order valence-corrected chi connectivity index (χ0v) is 13.2. The van der Waals surface area contributed by atoms with Crippen molar-refractivity contribution in [3.05, 3.63) is 70.7 Å². The lowest BCUT2D eigenvalue weighted by Gasteiger charge is -2.12. The highest BCUT2D eigenvalue weighted by Gasteiger charge is 2.09. The van der Waals surface area contributed by atoms with Crippen molar-refractivity contribution in [3.8, 4) is 11.5 Å². The van der Waals surface area contributed by atoms with E-state index in [9.17, 15) is 5.11 Å². The highest BCUT2D eigenvalue weighted by Crippen LogP contribution is 2.35. The summed E-state index contributed by atoms with van der Waals surface area (Å²) in [4.78, 5) is 0. The van der Waals surface area contributed by atoms with E-state index in [0.29, 0.717) is 0 Å². The zero-order chi connectivity index (χ0) is 14.8. The minimum absolute atomic E-state index is 0.493. The number of aliphatic hydroxyl groups is 1. The van der Waals surface area contributed by atoms with Gasteiger partial charge in [-0.2, -0.15) is 0 Å². The van der Waals surface area contributed by atoms with Crippen molar-refractivity contribution in [1.29, 1.82) is 0 Å². The third kappa shape index (κ3) is 2.94. The molecule has 0 spiro atoms. The molecular weight excluding hydrogens is 328 g/mol. The molecule has 0 aromatic heterocycles. The van der Waals surface area contributed by atoms with Crippen molar-refractivity contribution in [3.63, 3.8) is 0 Å². The van der Waals surface area contributed by atoms with Crippen molar-refractivity contribution in [2.24, 2.45) is 0 Å². The fourth-order valence-corrected chi connectivity index (χ4v) is 2.74. The number of hydrogen-bond donors (Lipinski definition) is 1. The molecule has 3 rings (SSSR count). The van der Waals surface area contributed by atoms with Crippen LogP contribution in [0, 0.1) is 0 Å². The van der Waals surface area contributed by atoms with E-state index in [1.807, 2.05) is 48.5 Å². The van der Waals surface area contributed by atoms with Crippen molar-refractivity contribution in [2.75, 3.05) is 0 Å². The molecule has 0 aliphatic heterocycles. The van der Waals surface area contributed by atoms with E-state index in [1.54, 1.807) is 6.92 Å². The summed E-state index contributed by atoms with van der Waals surface area (Å²) in [5.41, 5.74) is 0.854. The Morgan fingerprint density at radius 2 is 1.71 bits per heavy atom. The van der Waals surface area contributed by atoms with Gasteiger partial charge in [-0.15, -0.1) is 0 Å². The van der Waals surface area contributed by atoms with Crippen molar-refractivity contribution in [2.45, 2.75) is 13.0 Å². The molecule has 3 heteroatoms. The van der Waals surface area contributed by atoms with Gasteiger partial charge in [0.15, 0.2) is 0 Å². The summed E-state index contributed by atoms with van der Waals surface area (Å²) in [5, 5.41) is 11.8. The average Bonchev–Trinajstić information content (AvgIpc) is 2.49. The van der Waals surface area contributed by atoms with Crippen LogP contribution in [0.15, 0.2) is 65.1 Å². The summed E-state index contributed by atoms with van der Waals surface area (Å²) < 4.78 is 6.86. The van der Waals surface area contributed by atoms with Gasteiger partial charge in [0.1, 0.15) is 11.5 Å². The molecule has 0 fully saturated rings. The molecule has 21 heavy (non-hydrogen) atoms. The third-order valence-electron chi connectivity index (χ3n) is 3.41. The van der Waals surface area contributed by atoms with Gasteiger partial charge in [0.05, 0.1) is 10.6 Å². The molecule has 0 heterocycles. The Kier molecular flexibility index (Phi) is 3.95. The summed E-state index contributed by atoms with van der Waals surface area (Å²) in [6.45, 7) is 1.74. The van der Waals surface area contributed by atoms with Crippen LogP contribution in [-0.4, -0.2) is 5.11 Å². The van der Waals surface area contributed by atoms with E-state index < -0.39 is 6.10 Å². The molecule has 2 nitrogen and oxygen atoms in total. The zero-order valence-electron chi connectivity index (χ0n) is 11.6. The SMILES string of the molecule is CC(O)c1ccc(Oc2cccc3ccccc23)c(Br)c1. The predicted octanol–water partition coefficient (Wildman–Crippen LogP) is 5.45. The van der Waals surface area contributed by atoms with Crippen LogP contribution in [0.25, 0.3) is 10.8 Å². The van der Waals surface area contributed by atoms with Crippen LogP contribution in [0.4, 0.5) is 0 Å². The van der Waals surface area contributed by atoms with Gasteiger partial charge in [0.2, 0.25) is 0 Å². The summed E-state index contributed by atoms with van der Waals surface area (Å²) >= 11 is 3.50. The maximum atomic E-state index is 9.61. The summed E-state index contributed by atoms with van der Waals surface area (Å²) in [7, 11) is 0. The van der Waals surface area contributed by atoms with Crippen molar-refractivity contribution >= 4 is 26.7 Å². The topological polar surface area (TPSA) is 29.5 Å². The van der Waals surface area contributed by atoms with E-state index >= 15 is 0 Å². The fourth-order valence-electron chi connectivity index (χ4n) is 2.26. The van der Waals surface area contributed by atoms with Crippen LogP contribution in [0.2, 0.25) is 0 Å². The molecule has 0 bridgehead atoms.